The molecule has 0 aliphatic heterocycles. The molecule has 59 heavy (non-hydrogen) atoms. The molecule has 0 fully saturated rings. The van der Waals surface area contributed by atoms with Crippen molar-refractivity contribution in [2.45, 2.75) is 19.3 Å². The van der Waals surface area contributed by atoms with Gasteiger partial charge in [-0.2, -0.15) is 0 Å². The minimum absolute atomic E-state index is 0.0131. The van der Waals surface area contributed by atoms with Gasteiger partial charge in [-0.1, -0.05) is 172 Å². The summed E-state index contributed by atoms with van der Waals surface area (Å²) in [7, 11) is 0. The second kappa shape index (κ2) is 13.9. The smallest absolute Gasteiger partial charge is 0.143 e. The molecular formula is C57H41NO. The minimum atomic E-state index is -0.0131. The number of anilines is 3. The van der Waals surface area contributed by atoms with Gasteiger partial charge < -0.3 is 9.32 Å². The van der Waals surface area contributed by atoms with Gasteiger partial charge in [-0.05, 0) is 116 Å². The number of hydrogen-bond donors (Lipinski definition) is 0. The maximum absolute atomic E-state index is 6.50. The summed E-state index contributed by atoms with van der Waals surface area (Å²) in [5, 5.41) is 2.26. The highest BCUT2D eigenvalue weighted by atomic mass is 16.3. The van der Waals surface area contributed by atoms with E-state index in [1.165, 1.54) is 50.1 Å². The first-order valence-corrected chi connectivity index (χ1v) is 20.4. The summed E-state index contributed by atoms with van der Waals surface area (Å²) in [6, 6.07) is 76.8. The van der Waals surface area contributed by atoms with Gasteiger partial charge in [-0.15, -0.1) is 0 Å². The molecule has 1 aromatic heterocycles. The molecule has 1 aliphatic carbocycles. The van der Waals surface area contributed by atoms with Gasteiger partial charge in [-0.3, -0.25) is 0 Å². The third-order valence-corrected chi connectivity index (χ3v) is 12.3. The van der Waals surface area contributed by atoms with Crippen molar-refractivity contribution in [1.82, 2.24) is 0 Å². The van der Waals surface area contributed by atoms with Crippen molar-refractivity contribution in [2.24, 2.45) is 0 Å². The van der Waals surface area contributed by atoms with Crippen LogP contribution >= 0.6 is 0 Å². The van der Waals surface area contributed by atoms with Gasteiger partial charge in [0.05, 0.1) is 0 Å². The molecule has 1 heterocycles. The van der Waals surface area contributed by atoms with Crippen LogP contribution in [0.25, 0.3) is 77.6 Å². The van der Waals surface area contributed by atoms with Crippen LogP contribution in [0.5, 0.6) is 0 Å². The highest BCUT2D eigenvalue weighted by molar-refractivity contribution is 6.09. The van der Waals surface area contributed by atoms with Crippen molar-refractivity contribution in [2.75, 3.05) is 4.90 Å². The van der Waals surface area contributed by atoms with Gasteiger partial charge in [0.25, 0.3) is 0 Å². The van der Waals surface area contributed by atoms with Crippen LogP contribution in [0.2, 0.25) is 0 Å². The van der Waals surface area contributed by atoms with Gasteiger partial charge in [-0.25, -0.2) is 0 Å². The molecule has 0 bridgehead atoms. The van der Waals surface area contributed by atoms with Crippen molar-refractivity contribution in [3.05, 3.63) is 223 Å². The molecule has 0 radical (unpaired) electrons. The number of nitrogens with zero attached hydrogens (tertiary/aromatic N) is 1. The molecule has 9 aromatic carbocycles. The van der Waals surface area contributed by atoms with Crippen LogP contribution < -0.4 is 4.90 Å². The third kappa shape index (κ3) is 5.96. The van der Waals surface area contributed by atoms with E-state index in [9.17, 15) is 0 Å². The number of para-hydroxylation sites is 2. The predicted molar refractivity (Wildman–Crippen MR) is 248 cm³/mol. The largest absolute Gasteiger partial charge is 0.455 e. The Kier molecular flexibility index (Phi) is 8.20. The Hall–Kier alpha value is -7.42. The first-order valence-electron chi connectivity index (χ1n) is 20.4. The van der Waals surface area contributed by atoms with Crippen LogP contribution in [-0.2, 0) is 5.41 Å². The number of benzene rings is 9. The molecule has 0 atom stereocenters. The van der Waals surface area contributed by atoms with Crippen LogP contribution in [0.3, 0.4) is 0 Å². The van der Waals surface area contributed by atoms with Gasteiger partial charge in [0.15, 0.2) is 0 Å². The lowest BCUT2D eigenvalue weighted by Gasteiger charge is -2.27. The van der Waals surface area contributed by atoms with E-state index in [0.717, 1.165) is 55.7 Å². The molecule has 2 heteroatoms. The summed E-state index contributed by atoms with van der Waals surface area (Å²) in [4.78, 5) is 2.37. The average Bonchev–Trinajstić information content (AvgIpc) is 3.79. The van der Waals surface area contributed by atoms with E-state index < -0.39 is 0 Å². The van der Waals surface area contributed by atoms with Gasteiger partial charge in [0.2, 0.25) is 0 Å². The van der Waals surface area contributed by atoms with E-state index in [1.54, 1.807) is 0 Å². The number of fused-ring (bicyclic) bond motifs is 6. The second-order valence-electron chi connectivity index (χ2n) is 16.1. The lowest BCUT2D eigenvalue weighted by atomic mass is 9.82. The lowest BCUT2D eigenvalue weighted by Crippen LogP contribution is -2.14. The highest BCUT2D eigenvalue weighted by Gasteiger charge is 2.35. The molecule has 2 nitrogen and oxygen atoms in total. The standard InChI is InChI=1S/C57H41NO/c1-57(2)53-26-8-6-22-49(53)52-37-43(30-33-54(52)57)41-17-10-16-40(34-41)42-18-11-20-46(35-42)58(45-31-28-39(29-32-45)38-14-4-3-5-15-38)47-21-12-19-44(36-47)48-24-13-25-51-50-23-7-9-27-55(50)59-56(48)51/h3-37H,1-2H3. The normalized spacial score (nSPS) is 12.7. The van der Waals surface area contributed by atoms with E-state index in [4.69, 9.17) is 4.42 Å². The number of rotatable bonds is 7. The van der Waals surface area contributed by atoms with E-state index in [2.05, 4.69) is 219 Å². The summed E-state index contributed by atoms with van der Waals surface area (Å²) in [6.07, 6.45) is 0. The zero-order valence-corrected chi connectivity index (χ0v) is 33.1. The van der Waals surface area contributed by atoms with E-state index >= 15 is 0 Å². The van der Waals surface area contributed by atoms with Crippen molar-refractivity contribution in [3.8, 4) is 55.6 Å². The zero-order chi connectivity index (χ0) is 39.5. The van der Waals surface area contributed by atoms with Gasteiger partial charge in [0.1, 0.15) is 11.2 Å². The summed E-state index contributed by atoms with van der Waals surface area (Å²) in [5.41, 5.74) is 19.8. The van der Waals surface area contributed by atoms with E-state index in [0.29, 0.717) is 0 Å². The molecule has 280 valence electrons. The Labute approximate surface area is 345 Å². The molecule has 10 aromatic rings. The molecule has 1 aliphatic rings. The Morgan fingerprint density at radius 1 is 0.339 bits per heavy atom. The molecule has 0 saturated heterocycles. The fourth-order valence-electron chi connectivity index (χ4n) is 9.27. The van der Waals surface area contributed by atoms with Crippen molar-refractivity contribution in [3.63, 3.8) is 0 Å². The van der Waals surface area contributed by atoms with Crippen molar-refractivity contribution >= 4 is 39.0 Å². The monoisotopic (exact) mass is 755 g/mol. The Morgan fingerprint density at radius 2 is 0.864 bits per heavy atom. The van der Waals surface area contributed by atoms with Gasteiger partial charge in [0, 0.05) is 38.8 Å². The molecule has 11 rings (SSSR count). The molecule has 0 amide bonds. The SMILES string of the molecule is CC1(C)c2ccccc2-c2cc(-c3cccc(-c4cccc(N(c5ccc(-c6ccccc6)cc5)c5cccc(-c6cccc7c6oc6ccccc67)c5)c4)c3)ccc21. The first-order chi connectivity index (χ1) is 29.0. The van der Waals surface area contributed by atoms with Crippen molar-refractivity contribution in [1.29, 1.82) is 0 Å². The maximum atomic E-state index is 6.50. The average molecular weight is 756 g/mol. The maximum Gasteiger partial charge on any atom is 0.143 e. The number of hydrogen-bond acceptors (Lipinski definition) is 2. The summed E-state index contributed by atoms with van der Waals surface area (Å²) in [5.74, 6) is 0. The zero-order valence-electron chi connectivity index (χ0n) is 33.1. The van der Waals surface area contributed by atoms with Crippen LogP contribution in [0, 0.1) is 0 Å². The molecule has 0 spiro atoms. The van der Waals surface area contributed by atoms with Crippen LogP contribution in [0.4, 0.5) is 17.1 Å². The molecular weight excluding hydrogens is 715 g/mol. The fraction of sp³-hybridized carbons (Fsp3) is 0.0526. The van der Waals surface area contributed by atoms with Crippen LogP contribution in [0.15, 0.2) is 217 Å². The minimum Gasteiger partial charge on any atom is -0.455 e. The Morgan fingerprint density at radius 3 is 1.66 bits per heavy atom. The van der Waals surface area contributed by atoms with Crippen molar-refractivity contribution < 1.29 is 4.42 Å². The Bertz CT molecular complexity index is 3190. The molecule has 0 saturated carbocycles. The van der Waals surface area contributed by atoms with Gasteiger partial charge >= 0.3 is 0 Å². The predicted octanol–water partition coefficient (Wildman–Crippen LogP) is 16.0. The fourth-order valence-corrected chi connectivity index (χ4v) is 9.27. The Balaban J connectivity index is 1.01. The van der Waals surface area contributed by atoms with Crippen LogP contribution in [-0.4, -0.2) is 0 Å². The lowest BCUT2D eigenvalue weighted by molar-refractivity contribution is 0.660. The first kappa shape index (κ1) is 34.8. The van der Waals surface area contributed by atoms with E-state index in [-0.39, 0.29) is 5.41 Å². The third-order valence-electron chi connectivity index (χ3n) is 12.3. The quantitative estimate of drug-likeness (QED) is 0.161. The second-order valence-corrected chi connectivity index (χ2v) is 16.1. The van der Waals surface area contributed by atoms with E-state index in [1.807, 2.05) is 12.1 Å². The summed E-state index contributed by atoms with van der Waals surface area (Å²) in [6.45, 7) is 4.67. The molecule has 0 unspecified atom stereocenters. The van der Waals surface area contributed by atoms with Crippen LogP contribution in [0.1, 0.15) is 25.0 Å². The topological polar surface area (TPSA) is 16.4 Å². The summed E-state index contributed by atoms with van der Waals surface area (Å²) >= 11 is 0. The molecule has 0 N–H and O–H groups in total. The number of furan rings is 1. The summed E-state index contributed by atoms with van der Waals surface area (Å²) < 4.78 is 6.50. The highest BCUT2D eigenvalue weighted by Crippen LogP contribution is 2.50.